The van der Waals surface area contributed by atoms with Gasteiger partial charge in [0, 0.05) is 13.1 Å². The van der Waals surface area contributed by atoms with Gasteiger partial charge in [-0.15, -0.1) is 10.2 Å². The molecule has 6 nitrogen and oxygen atoms in total. The fraction of sp³-hybridized carbons (Fsp3) is 0.381. The second kappa shape index (κ2) is 9.10. The minimum absolute atomic E-state index is 0.00889. The molecule has 0 aliphatic rings. The van der Waals surface area contributed by atoms with Crippen molar-refractivity contribution in [2.75, 3.05) is 0 Å². The van der Waals surface area contributed by atoms with E-state index in [4.69, 9.17) is 4.42 Å². The summed E-state index contributed by atoms with van der Waals surface area (Å²) in [5.74, 6) is 1.54. The lowest BCUT2D eigenvalue weighted by molar-refractivity contribution is -0.120. The van der Waals surface area contributed by atoms with Gasteiger partial charge in [-0.25, -0.2) is 0 Å². The van der Waals surface area contributed by atoms with Crippen molar-refractivity contribution in [1.29, 1.82) is 0 Å². The highest BCUT2D eigenvalue weighted by atomic mass is 32.2. The molecule has 0 saturated carbocycles. The summed E-state index contributed by atoms with van der Waals surface area (Å²) in [5, 5.41) is 12.0. The first-order valence-corrected chi connectivity index (χ1v) is 10.3. The number of furan rings is 1. The van der Waals surface area contributed by atoms with Crippen LogP contribution in [0.5, 0.6) is 0 Å². The molecular weight excluding hydrogens is 372 g/mol. The summed E-state index contributed by atoms with van der Waals surface area (Å²) in [4.78, 5) is 12.6. The number of aromatic nitrogens is 3. The van der Waals surface area contributed by atoms with Gasteiger partial charge >= 0.3 is 0 Å². The number of aryl methyl sites for hydroxylation is 2. The summed E-state index contributed by atoms with van der Waals surface area (Å²) in [7, 11) is 1.90. The molecule has 2 aromatic heterocycles. The standard InChI is InChI=1S/C21H26N4O2S/c1-14(10-11-17-8-6-5-7-9-17)22-20(26)16(3)28-21-24-23-19(25(21)4)18-12-13-27-15(18)2/h5-9,12-14,16H,10-11H2,1-4H3,(H,22,26). The molecule has 0 radical (unpaired) electrons. The molecule has 3 rings (SSSR count). The molecule has 0 aliphatic heterocycles. The van der Waals surface area contributed by atoms with Crippen molar-refractivity contribution >= 4 is 17.7 Å². The molecule has 1 aromatic carbocycles. The number of hydrogen-bond donors (Lipinski definition) is 1. The topological polar surface area (TPSA) is 72.9 Å². The number of amides is 1. The van der Waals surface area contributed by atoms with Gasteiger partial charge in [0.25, 0.3) is 0 Å². The fourth-order valence-corrected chi connectivity index (χ4v) is 3.76. The Morgan fingerprint density at radius 3 is 2.64 bits per heavy atom. The van der Waals surface area contributed by atoms with Gasteiger partial charge in [-0.05, 0) is 45.2 Å². The van der Waals surface area contributed by atoms with Gasteiger partial charge in [0.05, 0.1) is 17.1 Å². The molecule has 1 N–H and O–H groups in total. The number of carbonyl (C=O) groups is 1. The van der Waals surface area contributed by atoms with Gasteiger partial charge < -0.3 is 14.3 Å². The first-order chi connectivity index (χ1) is 13.5. The third-order valence-corrected chi connectivity index (χ3v) is 5.82. The molecule has 0 aliphatic carbocycles. The molecule has 2 heterocycles. The molecule has 2 atom stereocenters. The second-order valence-corrected chi connectivity index (χ2v) is 8.26. The highest BCUT2D eigenvalue weighted by molar-refractivity contribution is 8.00. The smallest absolute Gasteiger partial charge is 0.233 e. The molecule has 0 bridgehead atoms. The van der Waals surface area contributed by atoms with Gasteiger partial charge in [-0.1, -0.05) is 42.1 Å². The van der Waals surface area contributed by atoms with Crippen LogP contribution in [0.4, 0.5) is 0 Å². The van der Waals surface area contributed by atoms with E-state index in [9.17, 15) is 4.79 Å². The largest absolute Gasteiger partial charge is 0.469 e. The molecule has 3 aromatic rings. The lowest BCUT2D eigenvalue weighted by Crippen LogP contribution is -2.38. The third kappa shape index (κ3) is 4.84. The predicted molar refractivity (Wildman–Crippen MR) is 111 cm³/mol. The van der Waals surface area contributed by atoms with Crippen molar-refractivity contribution in [2.24, 2.45) is 7.05 Å². The number of benzene rings is 1. The Hall–Kier alpha value is -2.54. The van der Waals surface area contributed by atoms with Crippen molar-refractivity contribution < 1.29 is 9.21 Å². The Kier molecular flexibility index (Phi) is 6.57. The SMILES string of the molecule is Cc1occc1-c1nnc(SC(C)C(=O)NC(C)CCc2ccccc2)n1C. The molecule has 2 unspecified atom stereocenters. The summed E-state index contributed by atoms with van der Waals surface area (Å²) in [5.41, 5.74) is 2.20. The summed E-state index contributed by atoms with van der Waals surface area (Å²) in [6.45, 7) is 5.82. The van der Waals surface area contributed by atoms with Crippen LogP contribution in [0.25, 0.3) is 11.4 Å². The van der Waals surface area contributed by atoms with Crippen molar-refractivity contribution in [1.82, 2.24) is 20.1 Å². The van der Waals surface area contributed by atoms with Crippen LogP contribution in [0.2, 0.25) is 0 Å². The Labute approximate surface area is 169 Å². The number of hydrogen-bond acceptors (Lipinski definition) is 5. The lowest BCUT2D eigenvalue weighted by Gasteiger charge is -2.17. The quantitative estimate of drug-likeness (QED) is 0.581. The van der Waals surface area contributed by atoms with Crippen LogP contribution in [-0.4, -0.2) is 32.0 Å². The van der Waals surface area contributed by atoms with E-state index in [1.54, 1.807) is 6.26 Å². The number of thioether (sulfide) groups is 1. The Bertz CT molecular complexity index is 920. The van der Waals surface area contributed by atoms with Crippen molar-refractivity contribution in [2.45, 2.75) is 50.1 Å². The van der Waals surface area contributed by atoms with Crippen LogP contribution >= 0.6 is 11.8 Å². The van der Waals surface area contributed by atoms with Crippen LogP contribution in [-0.2, 0) is 18.3 Å². The zero-order chi connectivity index (χ0) is 20.1. The third-order valence-electron chi connectivity index (χ3n) is 4.68. The molecular formula is C21H26N4O2S. The molecule has 28 heavy (non-hydrogen) atoms. The van der Waals surface area contributed by atoms with E-state index in [0.29, 0.717) is 5.16 Å². The summed E-state index contributed by atoms with van der Waals surface area (Å²) in [6.07, 6.45) is 3.49. The monoisotopic (exact) mass is 398 g/mol. The van der Waals surface area contributed by atoms with Gasteiger partial charge in [0.2, 0.25) is 5.91 Å². The van der Waals surface area contributed by atoms with E-state index in [2.05, 4.69) is 27.6 Å². The molecule has 0 saturated heterocycles. The zero-order valence-corrected chi connectivity index (χ0v) is 17.5. The van der Waals surface area contributed by atoms with Crippen LogP contribution in [0.15, 0.2) is 52.2 Å². The van der Waals surface area contributed by atoms with E-state index < -0.39 is 0 Å². The average Bonchev–Trinajstić information content (AvgIpc) is 3.26. The van der Waals surface area contributed by atoms with Crippen LogP contribution in [0.1, 0.15) is 31.6 Å². The number of rotatable bonds is 8. The first kappa shape index (κ1) is 20.2. The van der Waals surface area contributed by atoms with E-state index in [0.717, 1.165) is 30.0 Å². The summed E-state index contributed by atoms with van der Waals surface area (Å²) < 4.78 is 7.24. The van der Waals surface area contributed by atoms with Crippen molar-refractivity contribution in [3.8, 4) is 11.4 Å². The first-order valence-electron chi connectivity index (χ1n) is 9.40. The van der Waals surface area contributed by atoms with Gasteiger partial charge in [-0.3, -0.25) is 4.79 Å². The maximum Gasteiger partial charge on any atom is 0.233 e. The maximum atomic E-state index is 12.6. The normalized spacial score (nSPS) is 13.3. The molecule has 0 fully saturated rings. The van der Waals surface area contributed by atoms with Gasteiger partial charge in [0.1, 0.15) is 5.76 Å². The van der Waals surface area contributed by atoms with Crippen LogP contribution in [0.3, 0.4) is 0 Å². The molecule has 0 spiro atoms. The highest BCUT2D eigenvalue weighted by Crippen LogP contribution is 2.27. The van der Waals surface area contributed by atoms with Crippen LogP contribution in [0, 0.1) is 6.92 Å². The second-order valence-electron chi connectivity index (χ2n) is 6.95. The van der Waals surface area contributed by atoms with Crippen LogP contribution < -0.4 is 5.32 Å². The van der Waals surface area contributed by atoms with Crippen molar-refractivity contribution in [3.05, 3.63) is 54.0 Å². The number of nitrogens with one attached hydrogen (secondary N) is 1. The number of carbonyl (C=O) groups excluding carboxylic acids is 1. The molecule has 148 valence electrons. The molecule has 1 amide bonds. The van der Waals surface area contributed by atoms with E-state index >= 15 is 0 Å². The summed E-state index contributed by atoms with van der Waals surface area (Å²) >= 11 is 1.41. The van der Waals surface area contributed by atoms with E-state index in [1.807, 2.05) is 56.7 Å². The van der Waals surface area contributed by atoms with Gasteiger partial charge in [0.15, 0.2) is 11.0 Å². The maximum absolute atomic E-state index is 12.6. The lowest BCUT2D eigenvalue weighted by atomic mass is 10.1. The van der Waals surface area contributed by atoms with E-state index in [1.165, 1.54) is 17.3 Å². The Morgan fingerprint density at radius 2 is 1.96 bits per heavy atom. The molecule has 7 heteroatoms. The fourth-order valence-electron chi connectivity index (χ4n) is 2.94. The van der Waals surface area contributed by atoms with Gasteiger partial charge in [-0.2, -0.15) is 0 Å². The number of nitrogens with zero attached hydrogens (tertiary/aromatic N) is 3. The average molecular weight is 399 g/mol. The Balaban J connectivity index is 1.54. The minimum Gasteiger partial charge on any atom is -0.469 e. The highest BCUT2D eigenvalue weighted by Gasteiger charge is 2.21. The predicted octanol–water partition coefficient (Wildman–Crippen LogP) is 4.00. The van der Waals surface area contributed by atoms with E-state index in [-0.39, 0.29) is 17.2 Å². The minimum atomic E-state index is -0.264. The summed E-state index contributed by atoms with van der Waals surface area (Å²) in [6, 6.07) is 12.3. The Morgan fingerprint density at radius 1 is 1.21 bits per heavy atom. The van der Waals surface area contributed by atoms with Crippen molar-refractivity contribution in [3.63, 3.8) is 0 Å². The zero-order valence-electron chi connectivity index (χ0n) is 16.7.